The zero-order chi connectivity index (χ0) is 22.2. The Labute approximate surface area is 181 Å². The Morgan fingerprint density at radius 2 is 1.87 bits per heavy atom. The van der Waals surface area contributed by atoms with Crippen LogP contribution in [-0.4, -0.2) is 28.4 Å². The molecule has 3 aromatic rings. The van der Waals surface area contributed by atoms with Gasteiger partial charge in [-0.2, -0.15) is 0 Å². The van der Waals surface area contributed by atoms with Crippen LogP contribution in [0.5, 0.6) is 5.75 Å². The van der Waals surface area contributed by atoms with Crippen molar-refractivity contribution < 1.29 is 23.9 Å². The van der Waals surface area contributed by atoms with Gasteiger partial charge in [-0.25, -0.2) is 4.98 Å². The second kappa shape index (κ2) is 10.4. The lowest BCUT2D eigenvalue weighted by atomic mass is 9.95. The van der Waals surface area contributed by atoms with E-state index in [1.54, 1.807) is 13.8 Å². The Hall–Kier alpha value is -3.61. The SMILES string of the molecule is CCO/N=C(\C)C(Cc1ccc(OCc2nc(-c3ccccc3)oc2C)cc1)C(=O)O. The molecule has 0 aliphatic rings. The highest BCUT2D eigenvalue weighted by molar-refractivity contribution is 6.00. The number of nitrogens with zero attached hydrogens (tertiary/aromatic N) is 2. The first-order valence-electron chi connectivity index (χ1n) is 10.1. The molecule has 0 aliphatic carbocycles. The van der Waals surface area contributed by atoms with Crippen molar-refractivity contribution in [2.45, 2.75) is 33.8 Å². The van der Waals surface area contributed by atoms with E-state index < -0.39 is 11.9 Å². The standard InChI is InChI=1S/C24H26N2O5/c1-4-30-26-16(2)21(24(27)28)14-18-10-12-20(13-11-18)29-15-22-17(3)31-23(25-22)19-8-6-5-7-9-19/h5-13,21H,4,14-15H2,1-3H3,(H,27,28)/b26-16+. The lowest BCUT2D eigenvalue weighted by Crippen LogP contribution is -2.24. The number of oxime groups is 1. The van der Waals surface area contributed by atoms with Gasteiger partial charge in [-0.1, -0.05) is 35.5 Å². The number of hydrogen-bond acceptors (Lipinski definition) is 6. The summed E-state index contributed by atoms with van der Waals surface area (Å²) in [5.41, 5.74) is 2.95. The molecular weight excluding hydrogens is 396 g/mol. The Morgan fingerprint density at radius 1 is 1.16 bits per heavy atom. The lowest BCUT2D eigenvalue weighted by molar-refractivity contribution is -0.139. The van der Waals surface area contributed by atoms with Gasteiger partial charge < -0.3 is 19.1 Å². The van der Waals surface area contributed by atoms with Crippen molar-refractivity contribution in [3.8, 4) is 17.2 Å². The van der Waals surface area contributed by atoms with Crippen LogP contribution in [0, 0.1) is 12.8 Å². The quantitative estimate of drug-likeness (QED) is 0.369. The Bertz CT molecular complexity index is 1030. The highest BCUT2D eigenvalue weighted by Crippen LogP contribution is 2.23. The van der Waals surface area contributed by atoms with Gasteiger partial charge in [0.25, 0.3) is 0 Å². The minimum atomic E-state index is -0.933. The molecule has 0 saturated carbocycles. The summed E-state index contributed by atoms with van der Waals surface area (Å²) in [6, 6.07) is 17.0. The van der Waals surface area contributed by atoms with Crippen molar-refractivity contribution in [1.82, 2.24) is 4.98 Å². The number of hydrogen-bond donors (Lipinski definition) is 1. The van der Waals surface area contributed by atoms with E-state index in [1.807, 2.05) is 61.5 Å². The summed E-state index contributed by atoms with van der Waals surface area (Å²) in [5.74, 6) is 0.267. The minimum Gasteiger partial charge on any atom is -0.487 e. The summed E-state index contributed by atoms with van der Waals surface area (Å²) in [4.78, 5) is 21.1. The number of aryl methyl sites for hydroxylation is 1. The van der Waals surface area contributed by atoms with Gasteiger partial charge in [0.1, 0.15) is 36.3 Å². The molecule has 0 radical (unpaired) electrons. The maximum Gasteiger partial charge on any atom is 0.312 e. The van der Waals surface area contributed by atoms with Crippen LogP contribution in [0.2, 0.25) is 0 Å². The average molecular weight is 422 g/mol. The van der Waals surface area contributed by atoms with Gasteiger partial charge in [-0.05, 0) is 57.0 Å². The molecule has 0 bridgehead atoms. The van der Waals surface area contributed by atoms with E-state index in [4.69, 9.17) is 14.0 Å². The summed E-state index contributed by atoms with van der Waals surface area (Å²) in [7, 11) is 0. The summed E-state index contributed by atoms with van der Waals surface area (Å²) in [5, 5.41) is 13.4. The van der Waals surface area contributed by atoms with Crippen LogP contribution >= 0.6 is 0 Å². The van der Waals surface area contributed by atoms with Gasteiger partial charge in [0.2, 0.25) is 5.89 Å². The number of ether oxygens (including phenoxy) is 1. The number of aliphatic carboxylic acids is 1. The largest absolute Gasteiger partial charge is 0.487 e. The molecule has 0 spiro atoms. The minimum absolute atomic E-state index is 0.277. The molecule has 162 valence electrons. The molecule has 3 rings (SSSR count). The topological polar surface area (TPSA) is 94.2 Å². The van der Waals surface area contributed by atoms with Crippen LogP contribution in [-0.2, 0) is 22.7 Å². The summed E-state index contributed by atoms with van der Waals surface area (Å²) < 4.78 is 11.6. The first kappa shape index (κ1) is 22.1. The molecule has 1 heterocycles. The van der Waals surface area contributed by atoms with Gasteiger partial charge >= 0.3 is 5.97 Å². The highest BCUT2D eigenvalue weighted by atomic mass is 16.6. The highest BCUT2D eigenvalue weighted by Gasteiger charge is 2.22. The molecular formula is C24H26N2O5. The fourth-order valence-electron chi connectivity index (χ4n) is 3.02. The number of carbonyl (C=O) groups is 1. The third kappa shape index (κ3) is 5.94. The van der Waals surface area contributed by atoms with E-state index in [2.05, 4.69) is 10.1 Å². The second-order valence-electron chi connectivity index (χ2n) is 7.07. The van der Waals surface area contributed by atoms with Crippen molar-refractivity contribution in [2.75, 3.05) is 6.61 Å². The molecule has 7 nitrogen and oxygen atoms in total. The van der Waals surface area contributed by atoms with Crippen LogP contribution in [0.15, 0.2) is 64.2 Å². The molecule has 1 aromatic heterocycles. The number of rotatable bonds is 10. The Kier molecular flexibility index (Phi) is 7.43. The average Bonchev–Trinajstić information content (AvgIpc) is 3.16. The fraction of sp³-hybridized carbons (Fsp3) is 0.292. The third-order valence-electron chi connectivity index (χ3n) is 4.79. The van der Waals surface area contributed by atoms with Gasteiger partial charge in [0.05, 0.1) is 5.71 Å². The predicted octanol–water partition coefficient (Wildman–Crippen LogP) is 4.88. The van der Waals surface area contributed by atoms with Gasteiger partial charge in [0.15, 0.2) is 0 Å². The van der Waals surface area contributed by atoms with Crippen molar-refractivity contribution in [2.24, 2.45) is 11.1 Å². The first-order chi connectivity index (χ1) is 15.0. The molecule has 31 heavy (non-hydrogen) atoms. The normalized spacial score (nSPS) is 12.4. The maximum atomic E-state index is 11.6. The van der Waals surface area contributed by atoms with Crippen molar-refractivity contribution in [3.63, 3.8) is 0 Å². The molecule has 0 amide bonds. The molecule has 1 atom stereocenters. The lowest BCUT2D eigenvalue weighted by Gasteiger charge is -2.12. The molecule has 0 aliphatic heterocycles. The fourth-order valence-corrected chi connectivity index (χ4v) is 3.02. The van der Waals surface area contributed by atoms with Gasteiger partial charge in [-0.3, -0.25) is 4.79 Å². The molecule has 0 fully saturated rings. The summed E-state index contributed by atoms with van der Waals surface area (Å²) >= 11 is 0. The van der Waals surface area contributed by atoms with Crippen LogP contribution in [0.4, 0.5) is 0 Å². The number of oxazole rings is 1. The summed E-state index contributed by atoms with van der Waals surface area (Å²) in [6.45, 7) is 6.00. The van der Waals surface area contributed by atoms with Crippen LogP contribution < -0.4 is 4.74 Å². The number of carboxylic acid groups (broad SMARTS) is 1. The van der Waals surface area contributed by atoms with Crippen molar-refractivity contribution >= 4 is 11.7 Å². The second-order valence-corrected chi connectivity index (χ2v) is 7.07. The number of aromatic nitrogens is 1. The van der Waals surface area contributed by atoms with E-state index in [1.165, 1.54) is 0 Å². The Balaban J connectivity index is 1.62. The third-order valence-corrected chi connectivity index (χ3v) is 4.79. The molecule has 1 unspecified atom stereocenters. The zero-order valence-electron chi connectivity index (χ0n) is 17.9. The summed E-state index contributed by atoms with van der Waals surface area (Å²) in [6.07, 6.45) is 0.320. The maximum absolute atomic E-state index is 11.6. The van der Waals surface area contributed by atoms with E-state index in [0.29, 0.717) is 36.1 Å². The van der Waals surface area contributed by atoms with Gasteiger partial charge in [0, 0.05) is 5.56 Å². The van der Waals surface area contributed by atoms with Crippen molar-refractivity contribution in [3.05, 3.63) is 71.6 Å². The van der Waals surface area contributed by atoms with E-state index in [9.17, 15) is 9.90 Å². The van der Waals surface area contributed by atoms with Crippen LogP contribution in [0.25, 0.3) is 11.5 Å². The Morgan fingerprint density at radius 3 is 2.52 bits per heavy atom. The number of benzene rings is 2. The number of carboxylic acids is 1. The van der Waals surface area contributed by atoms with E-state index in [0.717, 1.165) is 16.8 Å². The molecule has 0 saturated heterocycles. The first-order valence-corrected chi connectivity index (χ1v) is 10.1. The monoisotopic (exact) mass is 422 g/mol. The van der Waals surface area contributed by atoms with Crippen molar-refractivity contribution in [1.29, 1.82) is 0 Å². The van der Waals surface area contributed by atoms with E-state index >= 15 is 0 Å². The molecule has 1 N–H and O–H groups in total. The predicted molar refractivity (Wildman–Crippen MR) is 117 cm³/mol. The zero-order valence-corrected chi connectivity index (χ0v) is 17.9. The van der Waals surface area contributed by atoms with E-state index in [-0.39, 0.29) is 6.61 Å². The van der Waals surface area contributed by atoms with Crippen LogP contribution in [0.1, 0.15) is 30.9 Å². The smallest absolute Gasteiger partial charge is 0.312 e. The molecule has 2 aromatic carbocycles. The van der Waals surface area contributed by atoms with Gasteiger partial charge in [-0.15, -0.1) is 0 Å². The van der Waals surface area contributed by atoms with Crippen LogP contribution in [0.3, 0.4) is 0 Å². The molecule has 7 heteroatoms.